The van der Waals surface area contributed by atoms with E-state index in [0.717, 1.165) is 28.1 Å². The molecular weight excluding hydrogens is 288 g/mol. The number of hydrogen-bond donors (Lipinski definition) is 2. The van der Waals surface area contributed by atoms with Crippen molar-refractivity contribution in [3.05, 3.63) is 59.7 Å². The van der Waals surface area contributed by atoms with Crippen molar-refractivity contribution in [2.75, 3.05) is 6.61 Å². The highest BCUT2D eigenvalue weighted by molar-refractivity contribution is 5.87. The van der Waals surface area contributed by atoms with Crippen molar-refractivity contribution in [2.24, 2.45) is 12.8 Å². The topological polar surface area (TPSA) is 60.4 Å². The Kier molecular flexibility index (Phi) is 4.37. The first-order valence-electron chi connectivity index (χ1n) is 7.77. The molecule has 0 aliphatic carbocycles. The van der Waals surface area contributed by atoms with Gasteiger partial charge in [0.2, 0.25) is 5.88 Å². The first-order valence-corrected chi connectivity index (χ1v) is 7.77. The number of para-hydroxylation sites is 1. The minimum Gasteiger partial charge on any atom is -0.441 e. The number of aliphatic hydroxyl groups is 1. The summed E-state index contributed by atoms with van der Waals surface area (Å²) in [6, 6.07) is 15.8. The van der Waals surface area contributed by atoms with Gasteiger partial charge in [0.25, 0.3) is 0 Å². The molecule has 1 unspecified atom stereocenters. The van der Waals surface area contributed by atoms with Gasteiger partial charge in [-0.05, 0) is 31.5 Å². The van der Waals surface area contributed by atoms with Gasteiger partial charge < -0.3 is 20.1 Å². The van der Waals surface area contributed by atoms with Gasteiger partial charge in [-0.3, -0.25) is 0 Å². The lowest BCUT2D eigenvalue weighted by Crippen LogP contribution is -2.26. The fourth-order valence-corrected chi connectivity index (χ4v) is 2.82. The zero-order chi connectivity index (χ0) is 16.4. The van der Waals surface area contributed by atoms with Gasteiger partial charge in [0, 0.05) is 24.0 Å². The molecule has 0 radical (unpaired) electrons. The molecule has 1 heterocycles. The summed E-state index contributed by atoms with van der Waals surface area (Å²) in [5, 5.41) is 10.4. The van der Waals surface area contributed by atoms with Gasteiger partial charge in [0.1, 0.15) is 5.75 Å². The fourth-order valence-electron chi connectivity index (χ4n) is 2.82. The first kappa shape index (κ1) is 15.6. The van der Waals surface area contributed by atoms with E-state index >= 15 is 0 Å². The Morgan fingerprint density at radius 2 is 1.83 bits per heavy atom. The molecule has 0 spiro atoms. The molecule has 0 amide bonds. The van der Waals surface area contributed by atoms with Crippen molar-refractivity contribution in [3.63, 3.8) is 0 Å². The summed E-state index contributed by atoms with van der Waals surface area (Å²) in [6.07, 6.45) is 0.569. The third-order valence-electron chi connectivity index (χ3n) is 4.09. The first-order chi connectivity index (χ1) is 11.1. The predicted molar refractivity (Wildman–Crippen MR) is 92.9 cm³/mol. The molecule has 23 heavy (non-hydrogen) atoms. The summed E-state index contributed by atoms with van der Waals surface area (Å²) in [5.74, 6) is 1.57. The Balaban J connectivity index is 2.08. The van der Waals surface area contributed by atoms with E-state index in [1.807, 2.05) is 54.9 Å². The monoisotopic (exact) mass is 310 g/mol. The summed E-state index contributed by atoms with van der Waals surface area (Å²) in [4.78, 5) is 0. The van der Waals surface area contributed by atoms with Crippen LogP contribution in [-0.2, 0) is 13.5 Å². The van der Waals surface area contributed by atoms with Crippen LogP contribution in [0.3, 0.4) is 0 Å². The molecule has 3 aromatic rings. The second kappa shape index (κ2) is 6.44. The molecule has 120 valence electrons. The number of aliphatic hydroxyl groups excluding tert-OH is 1. The van der Waals surface area contributed by atoms with Gasteiger partial charge in [-0.25, -0.2) is 0 Å². The van der Waals surface area contributed by atoms with Gasteiger partial charge >= 0.3 is 0 Å². The predicted octanol–water partition coefficient (Wildman–Crippen LogP) is 3.14. The lowest BCUT2D eigenvalue weighted by molar-refractivity contribution is 0.264. The SMILES string of the molecule is Cc1ccc(Oc2c(CC(N)CO)c3ccccc3n2C)cc1. The Hall–Kier alpha value is -2.30. The molecule has 3 rings (SSSR count). The van der Waals surface area contributed by atoms with E-state index in [1.165, 1.54) is 5.56 Å². The molecule has 0 aliphatic heterocycles. The summed E-state index contributed by atoms with van der Waals surface area (Å²) in [5.41, 5.74) is 9.29. The van der Waals surface area contributed by atoms with Gasteiger partial charge in [0.15, 0.2) is 0 Å². The van der Waals surface area contributed by atoms with Crippen molar-refractivity contribution in [1.29, 1.82) is 0 Å². The van der Waals surface area contributed by atoms with Gasteiger partial charge in [-0.2, -0.15) is 0 Å². The van der Waals surface area contributed by atoms with E-state index in [0.29, 0.717) is 6.42 Å². The molecule has 0 saturated carbocycles. The van der Waals surface area contributed by atoms with Crippen LogP contribution in [0, 0.1) is 6.92 Å². The van der Waals surface area contributed by atoms with Crippen LogP contribution in [0.1, 0.15) is 11.1 Å². The van der Waals surface area contributed by atoms with Crippen LogP contribution in [-0.4, -0.2) is 22.3 Å². The third kappa shape index (κ3) is 3.09. The smallest absolute Gasteiger partial charge is 0.204 e. The highest BCUT2D eigenvalue weighted by Gasteiger charge is 2.19. The molecule has 1 atom stereocenters. The Morgan fingerprint density at radius 1 is 1.13 bits per heavy atom. The number of aromatic nitrogens is 1. The van der Waals surface area contributed by atoms with E-state index in [4.69, 9.17) is 10.5 Å². The van der Waals surface area contributed by atoms with Gasteiger partial charge in [-0.1, -0.05) is 35.9 Å². The lowest BCUT2D eigenvalue weighted by atomic mass is 10.1. The zero-order valence-electron chi connectivity index (χ0n) is 13.5. The van der Waals surface area contributed by atoms with E-state index < -0.39 is 0 Å². The number of ether oxygens (including phenoxy) is 1. The number of aryl methyl sites for hydroxylation is 2. The van der Waals surface area contributed by atoms with Crippen molar-refractivity contribution >= 4 is 10.9 Å². The van der Waals surface area contributed by atoms with Crippen molar-refractivity contribution < 1.29 is 9.84 Å². The molecule has 0 saturated heterocycles. The van der Waals surface area contributed by atoms with E-state index in [1.54, 1.807) is 0 Å². The summed E-state index contributed by atoms with van der Waals surface area (Å²) < 4.78 is 8.19. The number of benzene rings is 2. The second-order valence-corrected chi connectivity index (χ2v) is 5.92. The number of hydrogen-bond acceptors (Lipinski definition) is 3. The van der Waals surface area contributed by atoms with Crippen LogP contribution in [0.25, 0.3) is 10.9 Å². The van der Waals surface area contributed by atoms with E-state index in [-0.39, 0.29) is 12.6 Å². The summed E-state index contributed by atoms with van der Waals surface area (Å²) in [7, 11) is 1.99. The Bertz CT molecular complexity index is 806. The fraction of sp³-hybridized carbons (Fsp3) is 0.263. The number of nitrogens with two attached hydrogens (primary N) is 1. The maximum atomic E-state index is 9.31. The molecule has 3 N–H and O–H groups in total. The zero-order valence-corrected chi connectivity index (χ0v) is 13.5. The molecular formula is C19H22N2O2. The molecule has 0 fully saturated rings. The van der Waals surface area contributed by atoms with Crippen LogP contribution in [0.2, 0.25) is 0 Å². The highest BCUT2D eigenvalue weighted by atomic mass is 16.5. The van der Waals surface area contributed by atoms with Crippen LogP contribution >= 0.6 is 0 Å². The minimum absolute atomic E-state index is 0.0484. The number of nitrogens with zero attached hydrogens (tertiary/aromatic N) is 1. The number of rotatable bonds is 5. The summed E-state index contributed by atoms with van der Waals surface area (Å²) >= 11 is 0. The average molecular weight is 310 g/mol. The summed E-state index contributed by atoms with van der Waals surface area (Å²) in [6.45, 7) is 2.00. The lowest BCUT2D eigenvalue weighted by Gasteiger charge is -2.12. The minimum atomic E-state index is -0.304. The molecule has 2 aromatic carbocycles. The maximum absolute atomic E-state index is 9.31. The molecule has 0 aliphatic rings. The number of fused-ring (bicyclic) bond motifs is 1. The molecule has 1 aromatic heterocycles. The van der Waals surface area contributed by atoms with Crippen LogP contribution < -0.4 is 10.5 Å². The van der Waals surface area contributed by atoms with Crippen molar-refractivity contribution in [3.8, 4) is 11.6 Å². The van der Waals surface area contributed by atoms with Crippen LogP contribution in [0.15, 0.2) is 48.5 Å². The quantitative estimate of drug-likeness (QED) is 0.761. The van der Waals surface area contributed by atoms with Crippen LogP contribution in [0.4, 0.5) is 0 Å². The van der Waals surface area contributed by atoms with E-state index in [2.05, 4.69) is 12.1 Å². The second-order valence-electron chi connectivity index (χ2n) is 5.92. The molecule has 4 nitrogen and oxygen atoms in total. The van der Waals surface area contributed by atoms with Gasteiger partial charge in [0.05, 0.1) is 12.1 Å². The van der Waals surface area contributed by atoms with Crippen molar-refractivity contribution in [2.45, 2.75) is 19.4 Å². The molecule has 0 bridgehead atoms. The van der Waals surface area contributed by atoms with Crippen LogP contribution in [0.5, 0.6) is 11.6 Å². The standard InChI is InChI=1S/C19H22N2O2/c1-13-7-9-15(10-8-13)23-19-17(11-14(20)12-22)16-5-3-4-6-18(16)21(19)2/h3-10,14,22H,11-12,20H2,1-2H3. The van der Waals surface area contributed by atoms with Gasteiger partial charge in [-0.15, -0.1) is 0 Å². The Labute approximate surface area is 136 Å². The van der Waals surface area contributed by atoms with E-state index in [9.17, 15) is 5.11 Å². The average Bonchev–Trinajstić information content (AvgIpc) is 2.83. The Morgan fingerprint density at radius 3 is 2.52 bits per heavy atom. The van der Waals surface area contributed by atoms with Crippen molar-refractivity contribution in [1.82, 2.24) is 4.57 Å². The largest absolute Gasteiger partial charge is 0.441 e. The highest BCUT2D eigenvalue weighted by Crippen LogP contribution is 2.35. The third-order valence-corrected chi connectivity index (χ3v) is 4.09. The normalized spacial score (nSPS) is 12.5. The molecule has 4 heteroatoms. The maximum Gasteiger partial charge on any atom is 0.204 e.